The lowest BCUT2D eigenvalue weighted by Gasteiger charge is -2.05. The van der Waals surface area contributed by atoms with E-state index in [0.717, 1.165) is 18.7 Å². The minimum Gasteiger partial charge on any atom is -0.385 e. The largest absolute Gasteiger partial charge is 0.385 e. The summed E-state index contributed by atoms with van der Waals surface area (Å²) in [6.45, 7) is 1.42. The van der Waals surface area contributed by atoms with E-state index in [-0.39, 0.29) is 10.6 Å². The van der Waals surface area contributed by atoms with Crippen LogP contribution < -0.4 is 11.1 Å². The molecule has 0 spiro atoms. The highest BCUT2D eigenvalue weighted by Crippen LogP contribution is 2.23. The molecule has 0 saturated carbocycles. The van der Waals surface area contributed by atoms with Gasteiger partial charge < -0.3 is 11.1 Å². The average Bonchev–Trinajstić information content (AvgIpc) is 2.17. The van der Waals surface area contributed by atoms with Crippen LogP contribution in [0, 0.1) is 13.7 Å². The van der Waals surface area contributed by atoms with E-state index in [4.69, 9.17) is 5.73 Å². The first-order chi connectivity index (χ1) is 7.15. The molecular weight excluding hydrogens is 309 g/mol. The molecule has 1 rings (SSSR count). The molecule has 0 aromatic heterocycles. The van der Waals surface area contributed by atoms with Crippen LogP contribution in [0.3, 0.4) is 0 Å². The highest BCUT2D eigenvalue weighted by molar-refractivity contribution is 14.1. The smallest absolute Gasteiger partial charge is 0.282 e. The molecule has 0 atom stereocenters. The molecule has 6 heteroatoms. The molecule has 15 heavy (non-hydrogen) atoms. The van der Waals surface area contributed by atoms with Crippen LogP contribution in [-0.4, -0.2) is 18.0 Å². The second kappa shape index (κ2) is 5.86. The molecular formula is C9H12IN3O2. The van der Waals surface area contributed by atoms with Crippen LogP contribution >= 0.6 is 22.6 Å². The van der Waals surface area contributed by atoms with Crippen molar-refractivity contribution in [1.82, 2.24) is 0 Å². The second-order valence-corrected chi connectivity index (χ2v) is 4.15. The zero-order chi connectivity index (χ0) is 11.3. The van der Waals surface area contributed by atoms with E-state index in [0.29, 0.717) is 10.1 Å². The van der Waals surface area contributed by atoms with E-state index in [1.807, 2.05) is 22.6 Å². The summed E-state index contributed by atoms with van der Waals surface area (Å²) in [5.74, 6) is 0. The molecule has 0 aliphatic rings. The van der Waals surface area contributed by atoms with Crippen LogP contribution in [0.25, 0.3) is 0 Å². The fourth-order valence-electron chi connectivity index (χ4n) is 1.10. The third-order valence-corrected chi connectivity index (χ3v) is 2.72. The first-order valence-corrected chi connectivity index (χ1v) is 5.61. The van der Waals surface area contributed by atoms with Crippen molar-refractivity contribution in [3.8, 4) is 0 Å². The Hall–Kier alpha value is -0.890. The first-order valence-electron chi connectivity index (χ1n) is 4.53. The molecule has 5 nitrogen and oxygen atoms in total. The summed E-state index contributed by atoms with van der Waals surface area (Å²) in [5.41, 5.74) is 6.38. The van der Waals surface area contributed by atoms with E-state index in [1.165, 1.54) is 6.07 Å². The van der Waals surface area contributed by atoms with Crippen molar-refractivity contribution in [2.45, 2.75) is 6.42 Å². The van der Waals surface area contributed by atoms with Gasteiger partial charge in [-0.15, -0.1) is 0 Å². The van der Waals surface area contributed by atoms with Crippen molar-refractivity contribution in [1.29, 1.82) is 0 Å². The molecule has 1 aromatic carbocycles. The van der Waals surface area contributed by atoms with Crippen molar-refractivity contribution < 1.29 is 4.92 Å². The topological polar surface area (TPSA) is 81.2 Å². The van der Waals surface area contributed by atoms with Gasteiger partial charge in [-0.25, -0.2) is 0 Å². The normalized spacial score (nSPS) is 10.0. The fourth-order valence-corrected chi connectivity index (χ4v) is 1.81. The van der Waals surface area contributed by atoms with Crippen molar-refractivity contribution in [3.05, 3.63) is 31.9 Å². The fraction of sp³-hybridized carbons (Fsp3) is 0.333. The number of halogens is 1. The summed E-state index contributed by atoms with van der Waals surface area (Å²) in [6, 6.07) is 4.97. The third-order valence-electron chi connectivity index (χ3n) is 1.85. The monoisotopic (exact) mass is 321 g/mol. The molecule has 0 fully saturated rings. The van der Waals surface area contributed by atoms with Gasteiger partial charge in [0.2, 0.25) is 0 Å². The predicted molar refractivity (Wildman–Crippen MR) is 68.0 cm³/mol. The summed E-state index contributed by atoms with van der Waals surface area (Å²) < 4.78 is 0.635. The number of nitro groups is 1. The summed E-state index contributed by atoms with van der Waals surface area (Å²) in [5, 5.41) is 13.7. The van der Waals surface area contributed by atoms with E-state index >= 15 is 0 Å². The zero-order valence-electron chi connectivity index (χ0n) is 8.07. The Bertz CT molecular complexity index is 357. The second-order valence-electron chi connectivity index (χ2n) is 2.99. The molecule has 0 heterocycles. The van der Waals surface area contributed by atoms with Crippen LogP contribution in [0.2, 0.25) is 0 Å². The lowest BCUT2D eigenvalue weighted by atomic mass is 10.3. The molecule has 0 amide bonds. The summed E-state index contributed by atoms with van der Waals surface area (Å²) in [7, 11) is 0. The number of hydrogen-bond acceptors (Lipinski definition) is 4. The van der Waals surface area contributed by atoms with Gasteiger partial charge in [-0.2, -0.15) is 0 Å². The average molecular weight is 321 g/mol. The lowest BCUT2D eigenvalue weighted by Crippen LogP contribution is -2.08. The Morgan fingerprint density at radius 3 is 2.80 bits per heavy atom. The Labute approximate surface area is 101 Å². The Kier molecular flexibility index (Phi) is 4.76. The maximum atomic E-state index is 10.6. The maximum absolute atomic E-state index is 10.6. The highest BCUT2D eigenvalue weighted by atomic mass is 127. The number of hydrogen-bond donors (Lipinski definition) is 2. The van der Waals surface area contributed by atoms with Crippen LogP contribution in [0.1, 0.15) is 6.42 Å². The SMILES string of the molecule is NCCCNc1ccc([N+](=O)[O-])c(I)c1. The summed E-state index contributed by atoms with van der Waals surface area (Å²) in [4.78, 5) is 10.2. The van der Waals surface area contributed by atoms with E-state index in [2.05, 4.69) is 5.32 Å². The van der Waals surface area contributed by atoms with Crippen molar-refractivity contribution >= 4 is 34.0 Å². The number of nitrogens with one attached hydrogen (secondary N) is 1. The van der Waals surface area contributed by atoms with Gasteiger partial charge in [0, 0.05) is 18.3 Å². The van der Waals surface area contributed by atoms with Gasteiger partial charge in [0.25, 0.3) is 5.69 Å². The molecule has 1 aromatic rings. The number of rotatable bonds is 5. The molecule has 3 N–H and O–H groups in total. The van der Waals surface area contributed by atoms with Gasteiger partial charge >= 0.3 is 0 Å². The molecule has 0 aliphatic heterocycles. The van der Waals surface area contributed by atoms with Gasteiger partial charge in [-0.05, 0) is 47.7 Å². The Morgan fingerprint density at radius 1 is 1.53 bits per heavy atom. The van der Waals surface area contributed by atoms with Gasteiger partial charge in [-0.3, -0.25) is 10.1 Å². The highest BCUT2D eigenvalue weighted by Gasteiger charge is 2.10. The molecule has 82 valence electrons. The van der Waals surface area contributed by atoms with Crippen molar-refractivity contribution in [3.63, 3.8) is 0 Å². The van der Waals surface area contributed by atoms with Crippen molar-refractivity contribution in [2.75, 3.05) is 18.4 Å². The molecule has 0 aliphatic carbocycles. The van der Waals surface area contributed by atoms with E-state index in [9.17, 15) is 10.1 Å². The van der Waals surface area contributed by atoms with E-state index < -0.39 is 0 Å². The third kappa shape index (κ3) is 3.63. The van der Waals surface area contributed by atoms with Crippen LogP contribution in [0.15, 0.2) is 18.2 Å². The van der Waals surface area contributed by atoms with Crippen LogP contribution in [0.4, 0.5) is 11.4 Å². The first kappa shape index (κ1) is 12.2. The lowest BCUT2D eigenvalue weighted by molar-refractivity contribution is -0.385. The number of nitro benzene ring substituents is 1. The quantitative estimate of drug-likeness (QED) is 0.376. The molecule has 0 saturated heterocycles. The van der Waals surface area contributed by atoms with Gasteiger partial charge in [-0.1, -0.05) is 0 Å². The number of nitrogens with zero attached hydrogens (tertiary/aromatic N) is 1. The van der Waals surface area contributed by atoms with Gasteiger partial charge in [0.1, 0.15) is 0 Å². The molecule has 0 bridgehead atoms. The van der Waals surface area contributed by atoms with Crippen LogP contribution in [-0.2, 0) is 0 Å². The number of nitrogens with two attached hydrogens (primary N) is 1. The minimum atomic E-state index is -0.383. The standard InChI is InChI=1S/C9H12IN3O2/c10-8-6-7(12-5-1-4-11)2-3-9(8)13(14)15/h2-3,6,12H,1,4-5,11H2. The zero-order valence-corrected chi connectivity index (χ0v) is 10.2. The summed E-state index contributed by atoms with van der Waals surface area (Å²) >= 11 is 1.96. The van der Waals surface area contributed by atoms with Gasteiger partial charge in [0.15, 0.2) is 0 Å². The van der Waals surface area contributed by atoms with E-state index in [1.54, 1.807) is 12.1 Å². The summed E-state index contributed by atoms with van der Waals surface area (Å²) in [6.07, 6.45) is 0.883. The van der Waals surface area contributed by atoms with Crippen molar-refractivity contribution in [2.24, 2.45) is 5.73 Å². The molecule has 0 radical (unpaired) electrons. The Morgan fingerprint density at radius 2 is 2.27 bits per heavy atom. The predicted octanol–water partition coefficient (Wildman–Crippen LogP) is 1.96. The minimum absolute atomic E-state index is 0.139. The molecule has 0 unspecified atom stereocenters. The number of benzene rings is 1. The maximum Gasteiger partial charge on any atom is 0.282 e. The Balaban J connectivity index is 2.69. The van der Waals surface area contributed by atoms with Crippen LogP contribution in [0.5, 0.6) is 0 Å². The van der Waals surface area contributed by atoms with Gasteiger partial charge in [0.05, 0.1) is 8.49 Å². The number of anilines is 1.